The Hall–Kier alpha value is -1.03. The highest BCUT2D eigenvalue weighted by Crippen LogP contribution is 2.19. The molecule has 0 bridgehead atoms. The van der Waals surface area contributed by atoms with Gasteiger partial charge in [-0.3, -0.25) is 4.79 Å². The minimum atomic E-state index is -0.454. The van der Waals surface area contributed by atoms with E-state index in [-0.39, 0.29) is 5.91 Å². The van der Waals surface area contributed by atoms with Gasteiger partial charge in [0.2, 0.25) is 5.91 Å². The summed E-state index contributed by atoms with van der Waals surface area (Å²) in [5.41, 5.74) is 5.84. The first-order valence-corrected chi connectivity index (χ1v) is 5.59. The molecule has 15 heavy (non-hydrogen) atoms. The lowest BCUT2D eigenvalue weighted by Gasteiger charge is -2.31. The third-order valence-corrected chi connectivity index (χ3v) is 2.71. The van der Waals surface area contributed by atoms with E-state index in [1.807, 2.05) is 4.90 Å². The highest BCUT2D eigenvalue weighted by Gasteiger charge is 2.20. The van der Waals surface area contributed by atoms with Crippen LogP contribution in [0.5, 0.6) is 0 Å². The van der Waals surface area contributed by atoms with Crippen LogP contribution in [0, 0.1) is 0 Å². The van der Waals surface area contributed by atoms with Crippen LogP contribution >= 0.6 is 0 Å². The molecule has 4 heteroatoms. The Morgan fingerprint density at radius 2 is 2.40 bits per heavy atom. The van der Waals surface area contributed by atoms with Crippen LogP contribution in [0.25, 0.3) is 0 Å². The molecule has 0 fully saturated rings. The van der Waals surface area contributed by atoms with E-state index in [0.29, 0.717) is 18.4 Å². The third-order valence-electron chi connectivity index (χ3n) is 2.71. The van der Waals surface area contributed by atoms with Crippen molar-refractivity contribution in [1.82, 2.24) is 4.90 Å². The Kier molecular flexibility index (Phi) is 4.62. The number of amides is 1. The maximum Gasteiger partial charge on any atom is 0.246 e. The smallest absolute Gasteiger partial charge is 0.246 e. The van der Waals surface area contributed by atoms with Gasteiger partial charge in [0.25, 0.3) is 0 Å². The zero-order chi connectivity index (χ0) is 11.3. The van der Waals surface area contributed by atoms with Gasteiger partial charge in [0.1, 0.15) is 6.23 Å². The zero-order valence-corrected chi connectivity index (χ0v) is 9.28. The van der Waals surface area contributed by atoms with E-state index < -0.39 is 6.23 Å². The normalized spacial score (nSPS) is 21.3. The second-order valence-corrected chi connectivity index (χ2v) is 3.98. The molecule has 0 aromatic heterocycles. The summed E-state index contributed by atoms with van der Waals surface area (Å²) in [6.07, 6.45) is 5.77. The monoisotopic (exact) mass is 212 g/mol. The van der Waals surface area contributed by atoms with Gasteiger partial charge in [-0.05, 0) is 19.3 Å². The van der Waals surface area contributed by atoms with Gasteiger partial charge in [0.05, 0.1) is 0 Å². The molecule has 0 aliphatic carbocycles. The summed E-state index contributed by atoms with van der Waals surface area (Å²) < 4.78 is 0. The van der Waals surface area contributed by atoms with E-state index in [0.717, 1.165) is 25.8 Å². The fourth-order valence-corrected chi connectivity index (χ4v) is 1.75. The van der Waals surface area contributed by atoms with Crippen molar-refractivity contribution in [3.63, 3.8) is 0 Å². The van der Waals surface area contributed by atoms with Crippen molar-refractivity contribution in [3.05, 3.63) is 11.8 Å². The van der Waals surface area contributed by atoms with E-state index in [4.69, 9.17) is 5.73 Å². The number of unbranched alkanes of at least 4 members (excludes halogenated alkanes) is 2. The van der Waals surface area contributed by atoms with E-state index in [1.165, 1.54) is 0 Å². The number of carbonyl (C=O) groups is 1. The molecule has 3 N–H and O–H groups in total. The number of nitrogens with two attached hydrogens (primary N) is 1. The van der Waals surface area contributed by atoms with Crippen molar-refractivity contribution in [1.29, 1.82) is 0 Å². The van der Waals surface area contributed by atoms with Gasteiger partial charge < -0.3 is 15.7 Å². The zero-order valence-electron chi connectivity index (χ0n) is 9.28. The van der Waals surface area contributed by atoms with Gasteiger partial charge in [0.15, 0.2) is 0 Å². The van der Waals surface area contributed by atoms with Crippen molar-refractivity contribution in [2.45, 2.75) is 45.3 Å². The molecule has 1 amide bonds. The van der Waals surface area contributed by atoms with Crippen molar-refractivity contribution in [2.24, 2.45) is 5.73 Å². The molecule has 1 atom stereocenters. The highest BCUT2D eigenvalue weighted by atomic mass is 16.3. The average Bonchev–Trinajstić information content (AvgIpc) is 2.20. The third kappa shape index (κ3) is 3.55. The average molecular weight is 212 g/mol. The summed E-state index contributed by atoms with van der Waals surface area (Å²) >= 11 is 0. The number of aliphatic hydroxyl groups excluding tert-OH is 1. The summed E-state index contributed by atoms with van der Waals surface area (Å²) in [4.78, 5) is 12.8. The quantitative estimate of drug-likeness (QED) is 0.667. The number of nitrogens with zero attached hydrogens (tertiary/aromatic N) is 1. The largest absolute Gasteiger partial charge is 0.374 e. The van der Waals surface area contributed by atoms with E-state index in [9.17, 15) is 9.90 Å². The van der Waals surface area contributed by atoms with Crippen LogP contribution in [0.1, 0.15) is 39.0 Å². The van der Waals surface area contributed by atoms with Gasteiger partial charge >= 0.3 is 0 Å². The lowest BCUT2D eigenvalue weighted by atomic mass is 10.1. The molecule has 1 aliphatic rings. The molecular weight excluding hydrogens is 192 g/mol. The van der Waals surface area contributed by atoms with Crippen LogP contribution in [-0.2, 0) is 4.79 Å². The molecule has 86 valence electrons. The maximum absolute atomic E-state index is 11.0. The van der Waals surface area contributed by atoms with Crippen LogP contribution in [0.2, 0.25) is 0 Å². The summed E-state index contributed by atoms with van der Waals surface area (Å²) in [6, 6.07) is 0. The molecule has 0 spiro atoms. The number of aliphatic hydroxyl groups is 1. The molecule has 1 heterocycles. The lowest BCUT2D eigenvalue weighted by Crippen LogP contribution is -2.36. The maximum atomic E-state index is 11.0. The Morgan fingerprint density at radius 3 is 3.00 bits per heavy atom. The predicted octanol–water partition coefficient (Wildman–Crippen LogP) is 0.960. The Balaban J connectivity index is 2.51. The van der Waals surface area contributed by atoms with E-state index in [2.05, 4.69) is 6.92 Å². The van der Waals surface area contributed by atoms with Crippen molar-refractivity contribution in [3.8, 4) is 0 Å². The number of rotatable bonds is 5. The minimum absolute atomic E-state index is 0.373. The van der Waals surface area contributed by atoms with Crippen LogP contribution in [-0.4, -0.2) is 28.7 Å². The van der Waals surface area contributed by atoms with Gasteiger partial charge in [-0.15, -0.1) is 0 Å². The SMILES string of the molecule is CCCCCN1C=C(C(N)=O)CCC1O. The van der Waals surface area contributed by atoms with Crippen LogP contribution in [0.3, 0.4) is 0 Å². The Bertz CT molecular complexity index is 251. The van der Waals surface area contributed by atoms with Crippen LogP contribution < -0.4 is 5.73 Å². The number of hydrogen-bond acceptors (Lipinski definition) is 3. The Labute approximate surface area is 90.7 Å². The topological polar surface area (TPSA) is 66.6 Å². The molecule has 4 nitrogen and oxygen atoms in total. The first-order chi connectivity index (χ1) is 7.15. The summed E-state index contributed by atoms with van der Waals surface area (Å²) in [5, 5.41) is 9.70. The number of carbonyl (C=O) groups excluding carboxylic acids is 1. The van der Waals surface area contributed by atoms with E-state index >= 15 is 0 Å². The molecule has 0 saturated carbocycles. The molecule has 1 rings (SSSR count). The van der Waals surface area contributed by atoms with Crippen molar-refractivity contribution in [2.75, 3.05) is 6.54 Å². The molecule has 1 aliphatic heterocycles. The molecule has 1 unspecified atom stereocenters. The second-order valence-electron chi connectivity index (χ2n) is 3.98. The summed E-state index contributed by atoms with van der Waals surface area (Å²) in [5.74, 6) is -0.373. The summed E-state index contributed by atoms with van der Waals surface area (Å²) in [6.45, 7) is 2.93. The first kappa shape index (κ1) is 12.0. The molecule has 0 aromatic carbocycles. The fourth-order valence-electron chi connectivity index (χ4n) is 1.75. The Morgan fingerprint density at radius 1 is 1.67 bits per heavy atom. The van der Waals surface area contributed by atoms with Gasteiger partial charge in [0, 0.05) is 18.3 Å². The fraction of sp³-hybridized carbons (Fsp3) is 0.727. The minimum Gasteiger partial charge on any atom is -0.374 e. The van der Waals surface area contributed by atoms with Crippen LogP contribution in [0.4, 0.5) is 0 Å². The van der Waals surface area contributed by atoms with E-state index in [1.54, 1.807) is 6.20 Å². The first-order valence-electron chi connectivity index (χ1n) is 5.59. The standard InChI is InChI=1S/C11H20N2O2/c1-2-3-4-7-13-8-9(11(12)15)5-6-10(13)14/h8,10,14H,2-7H2,1H3,(H2,12,15). The predicted molar refractivity (Wildman–Crippen MR) is 58.7 cm³/mol. The highest BCUT2D eigenvalue weighted by molar-refractivity contribution is 5.91. The molecule has 0 radical (unpaired) electrons. The van der Waals surface area contributed by atoms with Gasteiger partial charge in [-0.2, -0.15) is 0 Å². The lowest BCUT2D eigenvalue weighted by molar-refractivity contribution is -0.115. The van der Waals surface area contributed by atoms with Crippen molar-refractivity contribution >= 4 is 5.91 Å². The second kappa shape index (κ2) is 5.75. The number of primary amides is 1. The van der Waals surface area contributed by atoms with Crippen molar-refractivity contribution < 1.29 is 9.90 Å². The van der Waals surface area contributed by atoms with Gasteiger partial charge in [-0.25, -0.2) is 0 Å². The van der Waals surface area contributed by atoms with Gasteiger partial charge in [-0.1, -0.05) is 19.8 Å². The molecular formula is C11H20N2O2. The molecule has 0 aromatic rings. The van der Waals surface area contributed by atoms with Crippen LogP contribution in [0.15, 0.2) is 11.8 Å². The number of hydrogen-bond donors (Lipinski definition) is 2. The molecule has 0 saturated heterocycles. The summed E-state index contributed by atoms with van der Waals surface area (Å²) in [7, 11) is 0.